The van der Waals surface area contributed by atoms with Crippen molar-refractivity contribution in [2.75, 3.05) is 13.1 Å². The van der Waals surface area contributed by atoms with Crippen LogP contribution in [0.3, 0.4) is 0 Å². The van der Waals surface area contributed by atoms with Gasteiger partial charge in [0.2, 0.25) is 5.91 Å². The molecule has 1 fully saturated rings. The van der Waals surface area contributed by atoms with Crippen LogP contribution in [0.15, 0.2) is 12.7 Å². The zero-order valence-corrected chi connectivity index (χ0v) is 10.8. The zero-order chi connectivity index (χ0) is 13.4. The Hall–Kier alpha value is -1.56. The number of carbonyl (C=O) groups is 2. The van der Waals surface area contributed by atoms with Crippen molar-refractivity contribution in [3.8, 4) is 12.3 Å². The highest BCUT2D eigenvalue weighted by molar-refractivity contribution is 5.79. The average Bonchev–Trinajstić information content (AvgIpc) is 2.43. The Kier molecular flexibility index (Phi) is 6.21. The summed E-state index contributed by atoms with van der Waals surface area (Å²) in [6, 6.07) is 0. The monoisotopic (exact) mass is 247 g/mol. The molecule has 0 aromatic rings. The van der Waals surface area contributed by atoms with Gasteiger partial charge in [-0.3, -0.25) is 4.79 Å². The van der Waals surface area contributed by atoms with Crippen LogP contribution in [-0.4, -0.2) is 30.2 Å². The Morgan fingerprint density at radius 2 is 2.11 bits per heavy atom. The highest BCUT2D eigenvalue weighted by Crippen LogP contribution is 2.25. The number of nitrogens with zero attached hydrogens (tertiary/aromatic N) is 1. The van der Waals surface area contributed by atoms with Crippen molar-refractivity contribution in [1.82, 2.24) is 4.90 Å². The van der Waals surface area contributed by atoms with E-state index in [-0.39, 0.29) is 11.8 Å². The molecule has 1 amide bonds. The van der Waals surface area contributed by atoms with Gasteiger partial charge in [0.15, 0.2) is 0 Å². The third-order valence-corrected chi connectivity index (χ3v) is 3.41. The summed E-state index contributed by atoms with van der Waals surface area (Å²) in [5.41, 5.74) is 0. The Balaban J connectivity index is 2.64. The first-order valence-electron chi connectivity index (χ1n) is 6.54. The van der Waals surface area contributed by atoms with Crippen LogP contribution in [0.5, 0.6) is 0 Å². The van der Waals surface area contributed by atoms with E-state index >= 15 is 0 Å². The fourth-order valence-corrected chi connectivity index (χ4v) is 2.39. The van der Waals surface area contributed by atoms with Gasteiger partial charge in [0, 0.05) is 19.0 Å². The van der Waals surface area contributed by atoms with E-state index in [2.05, 4.69) is 12.5 Å². The Morgan fingerprint density at radius 3 is 2.61 bits per heavy atom. The fourth-order valence-electron chi connectivity index (χ4n) is 2.39. The predicted molar refractivity (Wildman–Crippen MR) is 71.7 cm³/mol. The van der Waals surface area contributed by atoms with Gasteiger partial charge in [0.25, 0.3) is 0 Å². The molecule has 0 N–H and O–H groups in total. The summed E-state index contributed by atoms with van der Waals surface area (Å²) in [7, 11) is 0. The molecule has 1 saturated carbocycles. The third kappa shape index (κ3) is 4.03. The summed E-state index contributed by atoms with van der Waals surface area (Å²) < 4.78 is 0. The van der Waals surface area contributed by atoms with Crippen molar-refractivity contribution in [3.05, 3.63) is 12.7 Å². The number of hydrogen-bond donors (Lipinski definition) is 0. The molecule has 1 aliphatic carbocycles. The summed E-state index contributed by atoms with van der Waals surface area (Å²) in [6.45, 7) is 4.42. The SMILES string of the molecule is C#C[C@H](C=O)CN(CC=C)C(=O)C1CCCCC1. The smallest absolute Gasteiger partial charge is 0.226 e. The number of rotatable bonds is 6. The largest absolute Gasteiger partial charge is 0.337 e. The molecule has 0 bridgehead atoms. The average molecular weight is 247 g/mol. The van der Waals surface area contributed by atoms with Crippen LogP contribution in [0.25, 0.3) is 0 Å². The number of terminal acetylenes is 1. The van der Waals surface area contributed by atoms with E-state index in [0.717, 1.165) is 32.0 Å². The minimum Gasteiger partial charge on any atom is -0.337 e. The molecule has 0 aliphatic heterocycles. The van der Waals surface area contributed by atoms with E-state index in [4.69, 9.17) is 6.42 Å². The number of amides is 1. The minimum absolute atomic E-state index is 0.101. The van der Waals surface area contributed by atoms with Gasteiger partial charge in [0.05, 0.1) is 5.92 Å². The van der Waals surface area contributed by atoms with Crippen LogP contribution < -0.4 is 0 Å². The van der Waals surface area contributed by atoms with Gasteiger partial charge in [-0.25, -0.2) is 0 Å². The van der Waals surface area contributed by atoms with Crippen molar-refractivity contribution in [2.24, 2.45) is 11.8 Å². The van der Waals surface area contributed by atoms with Gasteiger partial charge in [-0.1, -0.05) is 31.3 Å². The second kappa shape index (κ2) is 7.71. The fraction of sp³-hybridized carbons (Fsp3) is 0.600. The van der Waals surface area contributed by atoms with E-state index in [1.807, 2.05) is 0 Å². The number of hydrogen-bond acceptors (Lipinski definition) is 2. The summed E-state index contributed by atoms with van der Waals surface area (Å²) in [5, 5.41) is 0. The van der Waals surface area contributed by atoms with Gasteiger partial charge in [-0.05, 0) is 12.8 Å². The molecule has 0 unspecified atom stereocenters. The van der Waals surface area contributed by atoms with Gasteiger partial charge in [0.1, 0.15) is 6.29 Å². The molecule has 0 aromatic carbocycles. The lowest BCUT2D eigenvalue weighted by atomic mass is 9.88. The number of carbonyl (C=O) groups excluding carboxylic acids is 2. The summed E-state index contributed by atoms with van der Waals surface area (Å²) in [6.07, 6.45) is 13.0. The molecule has 1 rings (SSSR count). The van der Waals surface area contributed by atoms with Crippen molar-refractivity contribution in [2.45, 2.75) is 32.1 Å². The van der Waals surface area contributed by atoms with Crippen molar-refractivity contribution in [3.63, 3.8) is 0 Å². The lowest BCUT2D eigenvalue weighted by Crippen LogP contribution is -2.40. The maximum atomic E-state index is 12.3. The molecular weight excluding hydrogens is 226 g/mol. The van der Waals surface area contributed by atoms with E-state index in [1.165, 1.54) is 6.42 Å². The lowest BCUT2D eigenvalue weighted by Gasteiger charge is -2.29. The van der Waals surface area contributed by atoms with Crippen LogP contribution in [0.1, 0.15) is 32.1 Å². The molecule has 1 atom stereocenters. The lowest BCUT2D eigenvalue weighted by molar-refractivity contribution is -0.136. The van der Waals surface area contributed by atoms with Gasteiger partial charge >= 0.3 is 0 Å². The topological polar surface area (TPSA) is 37.4 Å². The zero-order valence-electron chi connectivity index (χ0n) is 10.8. The Morgan fingerprint density at radius 1 is 1.44 bits per heavy atom. The Bertz CT molecular complexity index is 337. The first kappa shape index (κ1) is 14.5. The van der Waals surface area contributed by atoms with Crippen LogP contribution in [0, 0.1) is 24.2 Å². The molecule has 0 radical (unpaired) electrons. The van der Waals surface area contributed by atoms with Crippen molar-refractivity contribution in [1.29, 1.82) is 0 Å². The summed E-state index contributed by atoms with van der Waals surface area (Å²) in [5.74, 6) is 2.11. The molecule has 0 heterocycles. The normalized spacial score (nSPS) is 17.5. The Labute approximate surface area is 109 Å². The number of aldehydes is 1. The molecule has 18 heavy (non-hydrogen) atoms. The standard InChI is InChI=1S/C15H21NO2/c1-3-10-16(11-13(4-2)12-17)15(18)14-8-6-5-7-9-14/h2-3,12-14H,1,5-11H2/t13-/m0/s1. The van der Waals surface area contributed by atoms with Gasteiger partial charge < -0.3 is 9.69 Å². The van der Waals surface area contributed by atoms with E-state index in [9.17, 15) is 9.59 Å². The molecular formula is C15H21NO2. The highest BCUT2D eigenvalue weighted by atomic mass is 16.2. The first-order chi connectivity index (χ1) is 8.72. The molecule has 3 heteroatoms. The molecule has 0 aromatic heterocycles. The van der Waals surface area contributed by atoms with Crippen molar-refractivity contribution >= 4 is 12.2 Å². The first-order valence-corrected chi connectivity index (χ1v) is 6.54. The van der Waals surface area contributed by atoms with E-state index in [0.29, 0.717) is 13.1 Å². The van der Waals surface area contributed by atoms with Crippen LogP contribution in [0.2, 0.25) is 0 Å². The third-order valence-electron chi connectivity index (χ3n) is 3.41. The van der Waals surface area contributed by atoms with Crippen LogP contribution >= 0.6 is 0 Å². The van der Waals surface area contributed by atoms with Gasteiger partial charge in [-0.15, -0.1) is 13.0 Å². The van der Waals surface area contributed by atoms with E-state index < -0.39 is 5.92 Å². The summed E-state index contributed by atoms with van der Waals surface area (Å²) in [4.78, 5) is 24.8. The molecule has 0 saturated heterocycles. The van der Waals surface area contributed by atoms with E-state index in [1.54, 1.807) is 11.0 Å². The molecule has 98 valence electrons. The maximum Gasteiger partial charge on any atom is 0.226 e. The highest BCUT2D eigenvalue weighted by Gasteiger charge is 2.26. The van der Waals surface area contributed by atoms with Crippen molar-refractivity contribution < 1.29 is 9.59 Å². The molecule has 0 spiro atoms. The van der Waals surface area contributed by atoms with Crippen LogP contribution in [0.4, 0.5) is 0 Å². The maximum absolute atomic E-state index is 12.3. The predicted octanol–water partition coefficient (Wildman–Crippen LogP) is 2.03. The quantitative estimate of drug-likeness (QED) is 0.409. The summed E-state index contributed by atoms with van der Waals surface area (Å²) >= 11 is 0. The second-order valence-electron chi connectivity index (χ2n) is 4.78. The second-order valence-corrected chi connectivity index (χ2v) is 4.78. The minimum atomic E-state index is -0.516. The molecule has 1 aliphatic rings. The van der Waals surface area contributed by atoms with Gasteiger partial charge in [-0.2, -0.15) is 0 Å². The van der Waals surface area contributed by atoms with Crippen LogP contribution in [-0.2, 0) is 9.59 Å². The molecule has 3 nitrogen and oxygen atoms in total.